The standard InChI is InChI=1S/C57H65FN10O6/c1-3-37-5-4-6-38-27-42(69)29-43(48(37)38)50-49(58)51-44(30-59-50)52(67-32-40-8-9-41(33-67)60-40)63-54(62-51)74-35-57(16-17-57)34-65-25-23-64(24-26-65)31-36-11-14-56(15-12-36)18-21-66(22-19-56)53(71)39-7-10-46(73-2)45(28-39)68-20-13-47(70)61-55(68)72/h1,4-7,10,27-30,36,40-41,60,69H,8-9,11-26,31-35H2,2H3,(H,61,70,72). The molecule has 5 saturated heterocycles. The van der Waals surface area contributed by atoms with Crippen molar-refractivity contribution in [2.45, 2.75) is 82.7 Å². The van der Waals surface area contributed by atoms with Crippen molar-refractivity contribution in [2.75, 3.05) is 95.5 Å². The summed E-state index contributed by atoms with van der Waals surface area (Å²) in [6, 6.07) is 14.1. The number of aromatic nitrogens is 3. The predicted molar refractivity (Wildman–Crippen MR) is 280 cm³/mol. The molecule has 2 aromatic heterocycles. The molecule has 0 radical (unpaired) electrons. The van der Waals surface area contributed by atoms with Gasteiger partial charge in [-0.1, -0.05) is 18.1 Å². The Hall–Kier alpha value is -6.61. The van der Waals surface area contributed by atoms with Crippen LogP contribution >= 0.6 is 0 Å². The number of benzene rings is 3. The van der Waals surface area contributed by atoms with Gasteiger partial charge >= 0.3 is 12.0 Å². The van der Waals surface area contributed by atoms with Crippen molar-refractivity contribution in [3.8, 4) is 41.1 Å². The number of likely N-dealkylation sites (tertiary alicyclic amines) is 1. The Morgan fingerprint density at radius 3 is 2.38 bits per heavy atom. The van der Waals surface area contributed by atoms with E-state index in [-0.39, 0.29) is 58.6 Å². The lowest BCUT2D eigenvalue weighted by Gasteiger charge is -2.47. The number of urea groups is 1. The van der Waals surface area contributed by atoms with Gasteiger partial charge in [0.05, 0.1) is 24.8 Å². The summed E-state index contributed by atoms with van der Waals surface area (Å²) in [4.78, 5) is 63.6. The maximum absolute atomic E-state index is 17.2. The number of imide groups is 1. The van der Waals surface area contributed by atoms with Crippen LogP contribution in [-0.4, -0.2) is 150 Å². The Kier molecular flexibility index (Phi) is 12.8. The smallest absolute Gasteiger partial charge is 0.328 e. The molecule has 5 aliphatic heterocycles. The molecular formula is C57H65FN10O6. The molecule has 7 heterocycles. The van der Waals surface area contributed by atoms with Gasteiger partial charge in [-0.25, -0.2) is 9.18 Å². The number of ether oxygens (including phenoxy) is 2. The van der Waals surface area contributed by atoms with Crippen molar-refractivity contribution in [3.05, 3.63) is 71.7 Å². The first-order chi connectivity index (χ1) is 35.9. The van der Waals surface area contributed by atoms with Gasteiger partial charge in [0.25, 0.3) is 5.91 Å². The zero-order valence-electron chi connectivity index (χ0n) is 42.2. The summed E-state index contributed by atoms with van der Waals surface area (Å²) in [5.41, 5.74) is 2.46. The highest BCUT2D eigenvalue weighted by Crippen LogP contribution is 2.49. The van der Waals surface area contributed by atoms with E-state index in [0.717, 1.165) is 104 Å². The fourth-order valence-electron chi connectivity index (χ4n) is 13.1. The molecule has 2 bridgehead atoms. The Morgan fingerprint density at radius 2 is 1.66 bits per heavy atom. The van der Waals surface area contributed by atoms with Crippen LogP contribution in [0.15, 0.2) is 54.7 Å². The fraction of sp³-hybridized carbons (Fsp3) is 0.509. The summed E-state index contributed by atoms with van der Waals surface area (Å²) in [5, 5.41) is 18.7. The SMILES string of the molecule is C#Cc1cccc2cc(O)cc(-c3ncc4c(N5CC6CCC(C5)N6)nc(OCC5(CN6CCN(CC7CCC8(CC7)CCN(C(=O)c7ccc(OC)c(N9CCC(=O)NC9=O)c7)CC8)CC6)CC5)nc4c3F)c12. The molecule has 2 unspecified atom stereocenters. The molecule has 7 aliphatic rings. The highest BCUT2D eigenvalue weighted by atomic mass is 19.1. The minimum absolute atomic E-state index is 0.00770. The molecule has 4 amide bonds. The number of terminal acetylenes is 1. The molecule has 2 atom stereocenters. The number of methoxy groups -OCH3 is 1. The number of fused-ring (bicyclic) bond motifs is 4. The predicted octanol–water partition coefficient (Wildman–Crippen LogP) is 6.96. The number of carbonyl (C=O) groups excluding carboxylic acids is 3. The first kappa shape index (κ1) is 48.3. The van der Waals surface area contributed by atoms with Crippen LogP contribution in [0.3, 0.4) is 0 Å². The summed E-state index contributed by atoms with van der Waals surface area (Å²) < 4.78 is 29.2. The number of nitrogens with one attached hydrogen (secondary N) is 2. The molecule has 16 nitrogen and oxygen atoms in total. The van der Waals surface area contributed by atoms with Crippen molar-refractivity contribution >= 4 is 51.0 Å². The van der Waals surface area contributed by atoms with Crippen molar-refractivity contribution < 1.29 is 33.4 Å². The third kappa shape index (κ3) is 9.45. The molecule has 12 rings (SSSR count). The van der Waals surface area contributed by atoms with E-state index in [4.69, 9.17) is 25.9 Å². The lowest BCUT2D eigenvalue weighted by molar-refractivity contribution is -0.120. The number of piperazine rings is 2. The van der Waals surface area contributed by atoms with E-state index >= 15 is 4.39 Å². The van der Waals surface area contributed by atoms with Gasteiger partial charge in [0.15, 0.2) is 5.82 Å². The number of hydrogen-bond acceptors (Lipinski definition) is 13. The van der Waals surface area contributed by atoms with Crippen molar-refractivity contribution in [3.63, 3.8) is 0 Å². The van der Waals surface area contributed by atoms with E-state index in [2.05, 4.69) is 36.2 Å². The molecule has 74 heavy (non-hydrogen) atoms. The summed E-state index contributed by atoms with van der Waals surface area (Å²) >= 11 is 0. The number of phenols is 1. The maximum atomic E-state index is 17.2. The van der Waals surface area contributed by atoms with E-state index in [1.165, 1.54) is 43.8 Å². The van der Waals surface area contributed by atoms with Gasteiger partial charge in [-0.2, -0.15) is 9.97 Å². The largest absolute Gasteiger partial charge is 0.508 e. The minimum atomic E-state index is -0.608. The lowest BCUT2D eigenvalue weighted by Crippen LogP contribution is -2.51. The van der Waals surface area contributed by atoms with Crippen LogP contribution in [0.25, 0.3) is 32.9 Å². The number of rotatable bonds is 12. The van der Waals surface area contributed by atoms with Crippen LogP contribution < -0.4 is 29.9 Å². The Morgan fingerprint density at radius 1 is 0.905 bits per heavy atom. The number of phenolic OH excluding ortho intramolecular Hbond substituents is 1. The van der Waals surface area contributed by atoms with Gasteiger partial charge in [-0.3, -0.25) is 24.8 Å². The Balaban J connectivity index is 0.652. The lowest BCUT2D eigenvalue weighted by atomic mass is 9.65. The third-order valence-corrected chi connectivity index (χ3v) is 17.6. The van der Waals surface area contributed by atoms with Gasteiger partial charge in [-0.15, -0.1) is 6.42 Å². The number of halogens is 1. The molecule has 3 N–H and O–H groups in total. The van der Waals surface area contributed by atoms with Crippen molar-refractivity contribution in [1.29, 1.82) is 0 Å². The second-order valence-corrected chi connectivity index (χ2v) is 22.3. The van der Waals surface area contributed by atoms with Crippen LogP contribution in [0.2, 0.25) is 0 Å². The fourth-order valence-corrected chi connectivity index (χ4v) is 13.1. The summed E-state index contributed by atoms with van der Waals surface area (Å²) in [7, 11) is 1.53. The van der Waals surface area contributed by atoms with E-state index in [0.29, 0.717) is 74.7 Å². The van der Waals surface area contributed by atoms with Crippen LogP contribution in [0, 0.1) is 34.9 Å². The monoisotopic (exact) mass is 1000 g/mol. The summed E-state index contributed by atoms with van der Waals surface area (Å²) in [6.45, 7) is 9.79. The summed E-state index contributed by atoms with van der Waals surface area (Å²) in [5.74, 6) is 3.54. The average molecular weight is 1010 g/mol. The van der Waals surface area contributed by atoms with Gasteiger partial charge < -0.3 is 39.5 Å². The van der Waals surface area contributed by atoms with Gasteiger partial charge in [-0.05, 0) is 117 Å². The summed E-state index contributed by atoms with van der Waals surface area (Å²) in [6.07, 6.45) is 18.9. The number of aromatic hydroxyl groups is 1. The maximum Gasteiger partial charge on any atom is 0.328 e. The zero-order chi connectivity index (χ0) is 50.7. The molecule has 7 fully saturated rings. The first-order valence-corrected chi connectivity index (χ1v) is 26.7. The molecule has 5 aromatic rings. The highest BCUT2D eigenvalue weighted by Gasteiger charge is 2.46. The van der Waals surface area contributed by atoms with Crippen molar-refractivity contribution in [1.82, 2.24) is 40.3 Å². The van der Waals surface area contributed by atoms with Gasteiger partial charge in [0.1, 0.15) is 28.5 Å². The molecule has 17 heteroatoms. The second-order valence-electron chi connectivity index (χ2n) is 22.3. The van der Waals surface area contributed by atoms with Crippen LogP contribution in [0.1, 0.15) is 86.6 Å². The van der Waals surface area contributed by atoms with Gasteiger partial charge in [0, 0.05) is 124 Å². The number of carbonyl (C=O) groups is 3. The molecule has 2 aliphatic carbocycles. The third-order valence-electron chi connectivity index (χ3n) is 17.6. The second kappa shape index (κ2) is 19.6. The van der Waals surface area contributed by atoms with Crippen molar-refractivity contribution in [2.24, 2.45) is 16.7 Å². The normalized spacial score (nSPS) is 23.1. The van der Waals surface area contributed by atoms with E-state index in [1.54, 1.807) is 36.5 Å². The number of anilines is 2. The quantitative estimate of drug-likeness (QED) is 0.110. The number of piperidine rings is 1. The van der Waals surface area contributed by atoms with E-state index in [9.17, 15) is 19.5 Å². The molecule has 3 aromatic carbocycles. The average Bonchev–Trinajstić information content (AvgIpc) is 4.10. The number of pyridine rings is 1. The van der Waals surface area contributed by atoms with E-state index in [1.807, 2.05) is 17.0 Å². The zero-order valence-corrected chi connectivity index (χ0v) is 42.2. The molecule has 2 saturated carbocycles. The van der Waals surface area contributed by atoms with E-state index < -0.39 is 11.8 Å². The Bertz CT molecular complexity index is 3050. The topological polar surface area (TPSA) is 169 Å². The first-order valence-electron chi connectivity index (χ1n) is 26.7. The van der Waals surface area contributed by atoms with Crippen LogP contribution in [0.4, 0.5) is 20.7 Å². The Labute approximate surface area is 431 Å². The van der Waals surface area contributed by atoms with Crippen LogP contribution in [-0.2, 0) is 4.79 Å². The minimum Gasteiger partial charge on any atom is -0.508 e. The van der Waals surface area contributed by atoms with Gasteiger partial charge in [0.2, 0.25) is 5.91 Å². The molecule has 386 valence electrons. The molecule has 1 spiro atoms. The van der Waals surface area contributed by atoms with Crippen LogP contribution in [0.5, 0.6) is 17.5 Å². The highest BCUT2D eigenvalue weighted by molar-refractivity contribution is 6.07. The number of hydrogen-bond donors (Lipinski definition) is 3. The number of amides is 4. The molecular weight excluding hydrogens is 940 g/mol. The number of nitrogens with zero attached hydrogens (tertiary/aromatic N) is 8.